The molecule has 1 aromatic rings. The van der Waals surface area contributed by atoms with Gasteiger partial charge >= 0.3 is 0 Å². The van der Waals surface area contributed by atoms with Crippen LogP contribution in [-0.2, 0) is 16.8 Å². The van der Waals surface area contributed by atoms with E-state index in [2.05, 4.69) is 15.9 Å². The minimum atomic E-state index is -3.40. The molecule has 0 saturated carbocycles. The van der Waals surface area contributed by atoms with Crippen molar-refractivity contribution in [2.45, 2.75) is 19.4 Å². The van der Waals surface area contributed by atoms with Gasteiger partial charge in [0.05, 0.1) is 0 Å². The lowest BCUT2D eigenvalue weighted by atomic mass is 10.0. The molecule has 1 aliphatic rings. The zero-order chi connectivity index (χ0) is 15.5. The first-order chi connectivity index (χ1) is 9.93. The lowest BCUT2D eigenvalue weighted by Gasteiger charge is -2.33. The molecule has 1 heterocycles. The first-order valence-corrected chi connectivity index (χ1v) is 9.67. The lowest BCUT2D eigenvalue weighted by Crippen LogP contribution is -2.45. The summed E-state index contributed by atoms with van der Waals surface area (Å²) in [7, 11) is -1.77. The Balaban J connectivity index is 2.02. The summed E-state index contributed by atoms with van der Waals surface area (Å²) < 4.78 is 29.1. The van der Waals surface area contributed by atoms with E-state index in [1.807, 2.05) is 24.3 Å². The molecule has 0 spiro atoms. The van der Waals surface area contributed by atoms with Gasteiger partial charge < -0.3 is 0 Å². The first kappa shape index (κ1) is 17.2. The number of alkyl halides is 1. The third kappa shape index (κ3) is 4.42. The summed E-state index contributed by atoms with van der Waals surface area (Å²) in [5.74, 6) is 1.05. The fourth-order valence-corrected chi connectivity index (χ4v) is 4.60. The van der Waals surface area contributed by atoms with Crippen molar-refractivity contribution in [3.8, 4) is 0 Å². The van der Waals surface area contributed by atoms with Crippen LogP contribution < -0.4 is 0 Å². The molecule has 0 aromatic heterocycles. The van der Waals surface area contributed by atoms with Crippen molar-refractivity contribution in [3.05, 3.63) is 34.3 Å². The molecular weight excluding hydrogens is 376 g/mol. The van der Waals surface area contributed by atoms with Gasteiger partial charge in [0, 0.05) is 37.0 Å². The zero-order valence-corrected chi connectivity index (χ0v) is 15.2. The van der Waals surface area contributed by atoms with E-state index in [1.54, 1.807) is 11.4 Å². The number of nitrogens with zero attached hydrogens (tertiary/aromatic N) is 2. The third-order valence-electron chi connectivity index (χ3n) is 3.81. The Hall–Kier alpha value is -0.140. The van der Waals surface area contributed by atoms with Crippen LogP contribution in [0, 0.1) is 5.92 Å². The highest BCUT2D eigenvalue weighted by Gasteiger charge is 2.30. The molecule has 0 N–H and O–H groups in total. The molecule has 21 heavy (non-hydrogen) atoms. The van der Waals surface area contributed by atoms with E-state index in [0.717, 1.165) is 22.9 Å². The summed E-state index contributed by atoms with van der Waals surface area (Å²) in [4.78, 5) is 0. The third-order valence-corrected chi connectivity index (χ3v) is 6.67. The average Bonchev–Trinajstić information content (AvgIpc) is 2.47. The van der Waals surface area contributed by atoms with Crippen molar-refractivity contribution in [2.24, 2.45) is 5.92 Å². The van der Waals surface area contributed by atoms with Gasteiger partial charge in [-0.05, 0) is 36.5 Å². The molecule has 0 bridgehead atoms. The van der Waals surface area contributed by atoms with E-state index in [-0.39, 0.29) is 0 Å². The number of piperidine rings is 1. The fraction of sp³-hybridized carbons (Fsp3) is 0.571. The maximum absolute atomic E-state index is 12.6. The number of benzene rings is 1. The van der Waals surface area contributed by atoms with Gasteiger partial charge in [-0.2, -0.15) is 17.0 Å². The van der Waals surface area contributed by atoms with Crippen LogP contribution in [-0.4, -0.2) is 43.0 Å². The van der Waals surface area contributed by atoms with Gasteiger partial charge in [0.1, 0.15) is 0 Å². The van der Waals surface area contributed by atoms with E-state index >= 15 is 0 Å². The Bertz CT molecular complexity index is 574. The summed E-state index contributed by atoms with van der Waals surface area (Å²) in [5.41, 5.74) is 0.964. The van der Waals surface area contributed by atoms with Crippen molar-refractivity contribution in [1.82, 2.24) is 8.61 Å². The maximum atomic E-state index is 12.6. The Morgan fingerprint density at radius 2 is 2.05 bits per heavy atom. The number of rotatable bonds is 5. The second-order valence-electron chi connectivity index (χ2n) is 5.39. The molecule has 118 valence electrons. The van der Waals surface area contributed by atoms with Crippen molar-refractivity contribution >= 4 is 37.7 Å². The minimum absolute atomic E-state index is 0.372. The second kappa shape index (κ2) is 7.42. The number of hydrogen-bond donors (Lipinski definition) is 0. The molecular formula is C14H20BrClN2O2S. The van der Waals surface area contributed by atoms with Crippen LogP contribution in [0.5, 0.6) is 0 Å². The molecule has 1 aliphatic heterocycles. The molecule has 0 atom stereocenters. The van der Waals surface area contributed by atoms with Crippen LogP contribution in [0.4, 0.5) is 0 Å². The second-order valence-corrected chi connectivity index (χ2v) is 8.65. The van der Waals surface area contributed by atoms with Gasteiger partial charge in [0.15, 0.2) is 0 Å². The topological polar surface area (TPSA) is 40.6 Å². The molecule has 0 amide bonds. The standard InChI is InChI=1S/C14H20BrClN2O2S/c1-17(11-13-3-2-4-14(15)9-13)21(19,20)18-7-5-12(10-16)6-8-18/h2-4,9,12H,5-8,10-11H2,1H3. The SMILES string of the molecule is CN(Cc1cccc(Br)c1)S(=O)(=O)N1CCC(CCl)CC1. The van der Waals surface area contributed by atoms with Crippen molar-refractivity contribution < 1.29 is 8.42 Å². The molecule has 0 aliphatic carbocycles. The number of hydrogen-bond acceptors (Lipinski definition) is 2. The molecule has 2 rings (SSSR count). The predicted molar refractivity (Wildman–Crippen MR) is 89.5 cm³/mol. The van der Waals surface area contributed by atoms with Crippen molar-refractivity contribution in [3.63, 3.8) is 0 Å². The van der Waals surface area contributed by atoms with Gasteiger partial charge in [-0.25, -0.2) is 0 Å². The van der Waals surface area contributed by atoms with Crippen LogP contribution in [0.2, 0.25) is 0 Å². The highest BCUT2D eigenvalue weighted by atomic mass is 79.9. The Labute approximate surface area is 140 Å². The van der Waals surface area contributed by atoms with Gasteiger partial charge in [-0.1, -0.05) is 28.1 Å². The molecule has 1 fully saturated rings. The normalized spacial score (nSPS) is 18.3. The molecule has 0 radical (unpaired) electrons. The van der Waals surface area contributed by atoms with E-state index in [1.165, 1.54) is 4.31 Å². The Kier molecular flexibility index (Phi) is 6.08. The lowest BCUT2D eigenvalue weighted by molar-refractivity contribution is 0.271. The van der Waals surface area contributed by atoms with Crippen LogP contribution in [0.25, 0.3) is 0 Å². The summed E-state index contributed by atoms with van der Waals surface area (Å²) in [5, 5.41) is 0. The fourth-order valence-electron chi connectivity index (χ4n) is 2.47. The quantitative estimate of drug-likeness (QED) is 0.719. The summed E-state index contributed by atoms with van der Waals surface area (Å²) >= 11 is 9.25. The van der Waals surface area contributed by atoms with E-state index in [4.69, 9.17) is 11.6 Å². The summed E-state index contributed by atoms with van der Waals surface area (Å²) in [6, 6.07) is 7.70. The molecule has 1 aromatic carbocycles. The van der Waals surface area contributed by atoms with E-state index in [9.17, 15) is 8.42 Å². The summed E-state index contributed by atoms with van der Waals surface area (Å²) in [6.07, 6.45) is 1.68. The van der Waals surface area contributed by atoms with Gasteiger partial charge in [0.25, 0.3) is 10.2 Å². The molecule has 0 unspecified atom stereocenters. The largest absolute Gasteiger partial charge is 0.282 e. The van der Waals surface area contributed by atoms with Crippen LogP contribution in [0.3, 0.4) is 0 Å². The van der Waals surface area contributed by atoms with Crippen LogP contribution >= 0.6 is 27.5 Å². The smallest absolute Gasteiger partial charge is 0.195 e. The van der Waals surface area contributed by atoms with Gasteiger partial charge in [0.2, 0.25) is 0 Å². The minimum Gasteiger partial charge on any atom is -0.195 e. The Morgan fingerprint density at radius 1 is 1.38 bits per heavy atom. The van der Waals surface area contributed by atoms with Crippen LogP contribution in [0.15, 0.2) is 28.7 Å². The Morgan fingerprint density at radius 3 is 2.62 bits per heavy atom. The van der Waals surface area contributed by atoms with E-state index in [0.29, 0.717) is 31.4 Å². The molecule has 1 saturated heterocycles. The number of halogens is 2. The zero-order valence-electron chi connectivity index (χ0n) is 12.0. The van der Waals surface area contributed by atoms with Crippen LogP contribution in [0.1, 0.15) is 18.4 Å². The maximum Gasteiger partial charge on any atom is 0.282 e. The highest BCUT2D eigenvalue weighted by Crippen LogP contribution is 2.23. The predicted octanol–water partition coefficient (Wildman–Crippen LogP) is 3.08. The van der Waals surface area contributed by atoms with Gasteiger partial charge in [-0.15, -0.1) is 11.6 Å². The average molecular weight is 396 g/mol. The first-order valence-electron chi connectivity index (χ1n) is 6.95. The molecule has 7 heteroatoms. The highest BCUT2D eigenvalue weighted by molar-refractivity contribution is 9.10. The monoisotopic (exact) mass is 394 g/mol. The van der Waals surface area contributed by atoms with E-state index < -0.39 is 10.2 Å². The van der Waals surface area contributed by atoms with Crippen molar-refractivity contribution in [1.29, 1.82) is 0 Å². The van der Waals surface area contributed by atoms with Crippen molar-refractivity contribution in [2.75, 3.05) is 26.0 Å². The van der Waals surface area contributed by atoms with Gasteiger partial charge in [-0.3, -0.25) is 0 Å². The summed E-state index contributed by atoms with van der Waals surface area (Å²) in [6.45, 7) is 1.49. The molecule has 4 nitrogen and oxygen atoms in total.